The summed E-state index contributed by atoms with van der Waals surface area (Å²) in [4.78, 5) is 0. The third-order valence-corrected chi connectivity index (χ3v) is 3.06. The van der Waals surface area contributed by atoms with Gasteiger partial charge in [-0.25, -0.2) is 0 Å². The van der Waals surface area contributed by atoms with E-state index in [0.717, 1.165) is 0 Å². The summed E-state index contributed by atoms with van der Waals surface area (Å²) in [7, 11) is 0.685. The Hall–Kier alpha value is 0.220. The molecule has 0 fully saturated rings. The van der Waals surface area contributed by atoms with Gasteiger partial charge in [-0.1, -0.05) is 5.37 Å². The van der Waals surface area contributed by atoms with Crippen molar-refractivity contribution in [3.63, 3.8) is 0 Å². The molecule has 0 aliphatic carbocycles. The van der Waals surface area contributed by atoms with E-state index in [1.54, 1.807) is 0 Å². The first-order valence-electron chi connectivity index (χ1n) is 2.84. The summed E-state index contributed by atoms with van der Waals surface area (Å²) in [6.45, 7) is 0. The minimum atomic E-state index is 0.685. The average Bonchev–Trinajstić information content (AvgIpc) is 1.69. The van der Waals surface area contributed by atoms with Gasteiger partial charge in [-0.15, -0.1) is 0 Å². The number of hydrogen-bond donors (Lipinski definition) is 0. The van der Waals surface area contributed by atoms with E-state index < -0.39 is 0 Å². The van der Waals surface area contributed by atoms with Gasteiger partial charge in [-0.05, 0) is 31.3 Å². The highest BCUT2D eigenvalue weighted by atomic mass is 32.2. The van der Waals surface area contributed by atoms with Crippen LogP contribution in [0.5, 0.6) is 0 Å². The van der Waals surface area contributed by atoms with Crippen molar-refractivity contribution in [1.29, 1.82) is 0 Å². The molecular weight excluding hydrogens is 104 g/mol. The summed E-state index contributed by atoms with van der Waals surface area (Å²) in [6, 6.07) is 0. The average molecular weight is 116 g/mol. The molecule has 1 heteroatoms. The van der Waals surface area contributed by atoms with Crippen molar-refractivity contribution in [1.82, 2.24) is 0 Å². The first kappa shape index (κ1) is 5.36. The molecule has 0 spiro atoms. The molecule has 42 valence electrons. The SMILES string of the molecule is CS1=CCCCC1. The standard InChI is InChI=1S/C6H12S/c1-7-5-3-2-4-6-7/h5H,2-4,6H2,1H3. The lowest BCUT2D eigenvalue weighted by atomic mass is 10.3. The summed E-state index contributed by atoms with van der Waals surface area (Å²) < 4.78 is 0. The monoisotopic (exact) mass is 116 g/mol. The molecule has 0 saturated carbocycles. The van der Waals surface area contributed by atoms with Crippen LogP contribution in [0, 0.1) is 0 Å². The van der Waals surface area contributed by atoms with Gasteiger partial charge in [0.2, 0.25) is 0 Å². The zero-order valence-electron chi connectivity index (χ0n) is 4.81. The van der Waals surface area contributed by atoms with Crippen molar-refractivity contribution in [2.75, 3.05) is 12.0 Å². The van der Waals surface area contributed by atoms with Crippen LogP contribution in [0.2, 0.25) is 0 Å². The van der Waals surface area contributed by atoms with Crippen molar-refractivity contribution in [2.45, 2.75) is 19.3 Å². The van der Waals surface area contributed by atoms with Gasteiger partial charge >= 0.3 is 0 Å². The molecule has 1 aliphatic heterocycles. The fourth-order valence-corrected chi connectivity index (χ4v) is 2.24. The van der Waals surface area contributed by atoms with Crippen molar-refractivity contribution in [3.8, 4) is 0 Å². The van der Waals surface area contributed by atoms with Crippen LogP contribution < -0.4 is 0 Å². The Morgan fingerprint density at radius 1 is 1.43 bits per heavy atom. The summed E-state index contributed by atoms with van der Waals surface area (Å²) in [5.41, 5.74) is 0. The molecule has 0 bridgehead atoms. The smallest absolute Gasteiger partial charge is 0.0123 e. The molecule has 1 rings (SSSR count). The van der Waals surface area contributed by atoms with Crippen LogP contribution in [-0.2, 0) is 0 Å². The highest BCUT2D eigenvalue weighted by Gasteiger charge is 1.94. The molecule has 1 atom stereocenters. The van der Waals surface area contributed by atoms with E-state index in [-0.39, 0.29) is 0 Å². The first-order chi connectivity index (χ1) is 3.39. The van der Waals surface area contributed by atoms with Gasteiger partial charge in [0, 0.05) is 0 Å². The Balaban J connectivity index is 2.40. The van der Waals surface area contributed by atoms with E-state index >= 15 is 0 Å². The van der Waals surface area contributed by atoms with E-state index in [4.69, 9.17) is 0 Å². The van der Waals surface area contributed by atoms with Crippen molar-refractivity contribution in [3.05, 3.63) is 0 Å². The van der Waals surface area contributed by atoms with E-state index in [1.807, 2.05) is 0 Å². The summed E-state index contributed by atoms with van der Waals surface area (Å²) in [5.74, 6) is 1.46. The molecule has 0 amide bonds. The molecule has 1 unspecified atom stereocenters. The lowest BCUT2D eigenvalue weighted by Crippen LogP contribution is -1.91. The molecule has 7 heavy (non-hydrogen) atoms. The van der Waals surface area contributed by atoms with Crippen LogP contribution >= 0.6 is 10.5 Å². The van der Waals surface area contributed by atoms with Gasteiger partial charge in [0.25, 0.3) is 0 Å². The van der Waals surface area contributed by atoms with Crippen LogP contribution in [0.1, 0.15) is 19.3 Å². The molecule has 0 radical (unpaired) electrons. The zero-order chi connectivity index (χ0) is 5.11. The van der Waals surface area contributed by atoms with Crippen molar-refractivity contribution >= 4 is 15.9 Å². The summed E-state index contributed by atoms with van der Waals surface area (Å²) in [5, 5.41) is 2.46. The number of rotatable bonds is 0. The van der Waals surface area contributed by atoms with E-state index in [1.165, 1.54) is 25.0 Å². The second-order valence-corrected chi connectivity index (χ2v) is 4.18. The van der Waals surface area contributed by atoms with Crippen LogP contribution in [0.15, 0.2) is 0 Å². The molecule has 1 heterocycles. The maximum absolute atomic E-state index is 2.46. The zero-order valence-corrected chi connectivity index (χ0v) is 5.63. The highest BCUT2D eigenvalue weighted by molar-refractivity contribution is 8.14. The maximum Gasteiger partial charge on any atom is -0.0123 e. The predicted molar refractivity (Wildman–Crippen MR) is 38.3 cm³/mol. The largest absolute Gasteiger partial charge is 0.193 e. The highest BCUT2D eigenvalue weighted by Crippen LogP contribution is 2.15. The van der Waals surface area contributed by atoms with Crippen LogP contribution in [0.25, 0.3) is 0 Å². The molecule has 1 aliphatic rings. The molecule has 0 aromatic heterocycles. The Morgan fingerprint density at radius 3 is 2.57 bits per heavy atom. The van der Waals surface area contributed by atoms with Gasteiger partial charge in [0.1, 0.15) is 0 Å². The Labute approximate surface area is 47.9 Å². The summed E-state index contributed by atoms with van der Waals surface area (Å²) in [6.07, 6.45) is 6.62. The second kappa shape index (κ2) is 2.51. The van der Waals surface area contributed by atoms with Gasteiger partial charge < -0.3 is 0 Å². The maximum atomic E-state index is 2.46. The topological polar surface area (TPSA) is 0 Å². The van der Waals surface area contributed by atoms with Gasteiger partial charge in [0.15, 0.2) is 0 Å². The Bertz CT molecular complexity index is 84.2. The molecule has 0 aromatic rings. The predicted octanol–water partition coefficient (Wildman–Crippen LogP) is 1.87. The van der Waals surface area contributed by atoms with Gasteiger partial charge in [-0.3, -0.25) is 0 Å². The lowest BCUT2D eigenvalue weighted by molar-refractivity contribution is 0.848. The van der Waals surface area contributed by atoms with Crippen LogP contribution in [0.4, 0.5) is 0 Å². The Morgan fingerprint density at radius 2 is 2.29 bits per heavy atom. The van der Waals surface area contributed by atoms with E-state index in [0.29, 0.717) is 10.5 Å². The molecular formula is C6H12S. The van der Waals surface area contributed by atoms with Crippen LogP contribution in [0.3, 0.4) is 0 Å². The number of hydrogen-bond acceptors (Lipinski definition) is 0. The van der Waals surface area contributed by atoms with Crippen molar-refractivity contribution in [2.24, 2.45) is 0 Å². The molecule has 0 N–H and O–H groups in total. The lowest BCUT2D eigenvalue weighted by Gasteiger charge is -2.07. The summed E-state index contributed by atoms with van der Waals surface area (Å²) >= 11 is 0. The molecule has 0 saturated heterocycles. The third kappa shape index (κ3) is 1.64. The van der Waals surface area contributed by atoms with Gasteiger partial charge in [0.05, 0.1) is 0 Å². The third-order valence-electron chi connectivity index (χ3n) is 1.32. The normalized spacial score (nSPS) is 31.9. The molecule has 0 nitrogen and oxygen atoms in total. The first-order valence-corrected chi connectivity index (χ1v) is 4.71. The van der Waals surface area contributed by atoms with Crippen LogP contribution in [-0.4, -0.2) is 17.4 Å². The second-order valence-electron chi connectivity index (χ2n) is 2.06. The molecule has 0 aromatic carbocycles. The van der Waals surface area contributed by atoms with Gasteiger partial charge in [-0.2, -0.15) is 10.5 Å². The minimum Gasteiger partial charge on any atom is -0.193 e. The fraction of sp³-hybridized carbons (Fsp3) is 0.833. The van der Waals surface area contributed by atoms with Crippen molar-refractivity contribution < 1.29 is 0 Å². The Kier molecular flexibility index (Phi) is 1.92. The van der Waals surface area contributed by atoms with E-state index in [9.17, 15) is 0 Å². The minimum absolute atomic E-state index is 0.685. The quantitative estimate of drug-likeness (QED) is 0.424. The van der Waals surface area contributed by atoms with E-state index in [2.05, 4.69) is 11.6 Å². The fourth-order valence-electron chi connectivity index (χ4n) is 0.842.